The van der Waals surface area contributed by atoms with Crippen LogP contribution in [0.15, 0.2) is 48.5 Å². The Balaban J connectivity index is 1.88. The predicted octanol–water partition coefficient (Wildman–Crippen LogP) is 6.39. The Morgan fingerprint density at radius 1 is 1.03 bits per heavy atom. The van der Waals surface area contributed by atoms with Crippen molar-refractivity contribution >= 4 is 28.3 Å². The van der Waals surface area contributed by atoms with Gasteiger partial charge in [0.15, 0.2) is 11.5 Å². The maximum Gasteiger partial charge on any atom is 0.573 e. The molecular formula is C22H19ClF3NO4. The van der Waals surface area contributed by atoms with Crippen LogP contribution in [-0.2, 0) is 4.79 Å². The molecule has 3 aromatic carbocycles. The van der Waals surface area contributed by atoms with Gasteiger partial charge in [-0.15, -0.1) is 13.2 Å². The first-order chi connectivity index (χ1) is 14.6. The van der Waals surface area contributed by atoms with Gasteiger partial charge < -0.3 is 19.5 Å². The van der Waals surface area contributed by atoms with Crippen LogP contribution in [0.2, 0.25) is 5.02 Å². The quantitative estimate of drug-likeness (QED) is 0.470. The van der Waals surface area contributed by atoms with Gasteiger partial charge in [-0.1, -0.05) is 29.8 Å². The fourth-order valence-corrected chi connectivity index (χ4v) is 3.38. The van der Waals surface area contributed by atoms with Crippen LogP contribution in [-0.4, -0.2) is 19.4 Å². The lowest BCUT2D eigenvalue weighted by molar-refractivity contribution is -0.275. The average Bonchev–Trinajstić information content (AvgIpc) is 2.65. The van der Waals surface area contributed by atoms with Gasteiger partial charge in [0.05, 0.1) is 18.2 Å². The van der Waals surface area contributed by atoms with E-state index in [1.165, 1.54) is 20.1 Å². The molecule has 1 unspecified atom stereocenters. The van der Waals surface area contributed by atoms with E-state index < -0.39 is 12.1 Å². The molecule has 0 aliphatic carbocycles. The summed E-state index contributed by atoms with van der Waals surface area (Å²) in [7, 11) is 1.19. The Morgan fingerprint density at radius 3 is 2.35 bits per heavy atom. The Kier molecular flexibility index (Phi) is 6.50. The standard InChI is InChI=1S/C22H19ClF3NO4/c1-12(27-13(2)28)14-4-5-16-9-17(7-6-15(16)8-14)30-18-10-19(23)21(29-3)20(11-18)31-22(24,25)26/h4-12H,1-3H3,(H,27,28). The zero-order valence-electron chi connectivity index (χ0n) is 16.8. The minimum absolute atomic E-state index is 0.0558. The summed E-state index contributed by atoms with van der Waals surface area (Å²) in [5.41, 5.74) is 0.937. The van der Waals surface area contributed by atoms with Crippen LogP contribution in [0, 0.1) is 0 Å². The topological polar surface area (TPSA) is 56.8 Å². The Hall–Kier alpha value is -3.13. The molecule has 3 rings (SSSR count). The van der Waals surface area contributed by atoms with Crippen molar-refractivity contribution < 1.29 is 32.2 Å². The van der Waals surface area contributed by atoms with Crippen molar-refractivity contribution in [3.8, 4) is 23.0 Å². The number of methoxy groups -OCH3 is 1. The number of benzene rings is 3. The van der Waals surface area contributed by atoms with Gasteiger partial charge in [0.25, 0.3) is 0 Å². The molecule has 3 aromatic rings. The molecule has 0 spiro atoms. The van der Waals surface area contributed by atoms with E-state index in [1.807, 2.05) is 31.2 Å². The van der Waals surface area contributed by atoms with Gasteiger partial charge in [0, 0.05) is 19.1 Å². The highest BCUT2D eigenvalue weighted by Gasteiger charge is 2.33. The smallest absolute Gasteiger partial charge is 0.491 e. The highest BCUT2D eigenvalue weighted by Crippen LogP contribution is 2.42. The first kappa shape index (κ1) is 22.6. The van der Waals surface area contributed by atoms with Gasteiger partial charge in [0.2, 0.25) is 5.91 Å². The first-order valence-corrected chi connectivity index (χ1v) is 9.55. The van der Waals surface area contributed by atoms with Gasteiger partial charge >= 0.3 is 6.36 Å². The number of rotatable bonds is 6. The van der Waals surface area contributed by atoms with Gasteiger partial charge in [-0.05, 0) is 41.5 Å². The summed E-state index contributed by atoms with van der Waals surface area (Å²) < 4.78 is 52.7. The van der Waals surface area contributed by atoms with E-state index in [-0.39, 0.29) is 28.5 Å². The number of nitrogens with one attached hydrogen (secondary N) is 1. The molecule has 0 saturated heterocycles. The third kappa shape index (κ3) is 5.73. The summed E-state index contributed by atoms with van der Waals surface area (Å²) in [6.45, 7) is 3.34. The number of carbonyl (C=O) groups excluding carboxylic acids is 1. The van der Waals surface area contributed by atoms with Crippen molar-refractivity contribution in [2.45, 2.75) is 26.3 Å². The lowest BCUT2D eigenvalue weighted by atomic mass is 10.0. The molecule has 0 saturated carbocycles. The predicted molar refractivity (Wildman–Crippen MR) is 111 cm³/mol. The molecule has 1 N–H and O–H groups in total. The van der Waals surface area contributed by atoms with Crippen LogP contribution in [0.4, 0.5) is 13.2 Å². The molecule has 5 nitrogen and oxygen atoms in total. The van der Waals surface area contributed by atoms with E-state index in [0.717, 1.165) is 22.4 Å². The summed E-state index contributed by atoms with van der Waals surface area (Å²) in [5.74, 6) is -0.515. The van der Waals surface area contributed by atoms with Crippen LogP contribution < -0.4 is 19.5 Å². The fraction of sp³-hybridized carbons (Fsp3) is 0.227. The van der Waals surface area contributed by atoms with Crippen molar-refractivity contribution in [3.05, 3.63) is 59.1 Å². The number of alkyl halides is 3. The van der Waals surface area contributed by atoms with Crippen molar-refractivity contribution in [3.63, 3.8) is 0 Å². The maximum atomic E-state index is 12.7. The molecule has 0 aliphatic rings. The Bertz CT molecular complexity index is 1120. The van der Waals surface area contributed by atoms with Crippen molar-refractivity contribution in [2.24, 2.45) is 0 Å². The fourth-order valence-electron chi connectivity index (χ4n) is 3.10. The molecule has 9 heteroatoms. The highest BCUT2D eigenvalue weighted by atomic mass is 35.5. The van der Waals surface area contributed by atoms with Gasteiger partial charge in [-0.25, -0.2) is 0 Å². The largest absolute Gasteiger partial charge is 0.573 e. The monoisotopic (exact) mass is 453 g/mol. The minimum atomic E-state index is -4.91. The van der Waals surface area contributed by atoms with Gasteiger partial charge in [-0.3, -0.25) is 4.79 Å². The van der Waals surface area contributed by atoms with E-state index in [4.69, 9.17) is 21.1 Å². The van der Waals surface area contributed by atoms with Crippen LogP contribution in [0.3, 0.4) is 0 Å². The molecule has 0 bridgehead atoms. The molecule has 0 aromatic heterocycles. The number of halogens is 4. The molecule has 0 fully saturated rings. The Morgan fingerprint density at radius 2 is 1.71 bits per heavy atom. The van der Waals surface area contributed by atoms with E-state index in [2.05, 4.69) is 10.1 Å². The van der Waals surface area contributed by atoms with Crippen molar-refractivity contribution in [1.29, 1.82) is 0 Å². The second-order valence-electron chi connectivity index (χ2n) is 6.78. The molecule has 0 aliphatic heterocycles. The zero-order valence-corrected chi connectivity index (χ0v) is 17.6. The average molecular weight is 454 g/mol. The highest BCUT2D eigenvalue weighted by molar-refractivity contribution is 6.32. The number of amides is 1. The summed E-state index contributed by atoms with van der Waals surface area (Å²) in [5, 5.41) is 4.50. The molecule has 0 heterocycles. The van der Waals surface area contributed by atoms with Crippen LogP contribution in [0.1, 0.15) is 25.5 Å². The summed E-state index contributed by atoms with van der Waals surface area (Å²) >= 11 is 6.03. The molecular weight excluding hydrogens is 435 g/mol. The summed E-state index contributed by atoms with van der Waals surface area (Å²) in [4.78, 5) is 11.3. The Labute approximate surface area is 181 Å². The molecule has 164 valence electrons. The van der Waals surface area contributed by atoms with Crippen LogP contribution in [0.25, 0.3) is 10.8 Å². The third-order valence-electron chi connectivity index (χ3n) is 4.40. The normalized spacial score (nSPS) is 12.4. The van der Waals surface area contributed by atoms with E-state index in [9.17, 15) is 18.0 Å². The zero-order chi connectivity index (χ0) is 22.8. The third-order valence-corrected chi connectivity index (χ3v) is 4.68. The second-order valence-corrected chi connectivity index (χ2v) is 7.18. The van der Waals surface area contributed by atoms with Gasteiger partial charge in [-0.2, -0.15) is 0 Å². The lowest BCUT2D eigenvalue weighted by Gasteiger charge is -2.16. The van der Waals surface area contributed by atoms with Crippen LogP contribution >= 0.6 is 11.6 Å². The molecule has 1 amide bonds. The van der Waals surface area contributed by atoms with Crippen molar-refractivity contribution in [2.75, 3.05) is 7.11 Å². The summed E-state index contributed by atoms with van der Waals surface area (Å²) in [6, 6.07) is 13.2. The molecule has 1 atom stereocenters. The van der Waals surface area contributed by atoms with Crippen molar-refractivity contribution in [1.82, 2.24) is 5.32 Å². The van der Waals surface area contributed by atoms with E-state index in [1.54, 1.807) is 12.1 Å². The number of fused-ring (bicyclic) bond motifs is 1. The minimum Gasteiger partial charge on any atom is -0.491 e. The number of carbonyl (C=O) groups is 1. The molecule has 0 radical (unpaired) electrons. The number of ether oxygens (including phenoxy) is 3. The van der Waals surface area contributed by atoms with E-state index >= 15 is 0 Å². The SMILES string of the molecule is COc1c(Cl)cc(Oc2ccc3cc(C(C)NC(C)=O)ccc3c2)cc1OC(F)(F)F. The lowest BCUT2D eigenvalue weighted by Crippen LogP contribution is -2.23. The number of hydrogen-bond donors (Lipinski definition) is 1. The first-order valence-electron chi connectivity index (χ1n) is 9.17. The number of hydrogen-bond acceptors (Lipinski definition) is 4. The van der Waals surface area contributed by atoms with E-state index in [0.29, 0.717) is 5.75 Å². The maximum absolute atomic E-state index is 12.7. The molecule has 31 heavy (non-hydrogen) atoms. The second kappa shape index (κ2) is 8.93. The van der Waals surface area contributed by atoms with Gasteiger partial charge in [0.1, 0.15) is 11.5 Å². The van der Waals surface area contributed by atoms with Crippen LogP contribution in [0.5, 0.6) is 23.0 Å². The summed E-state index contributed by atoms with van der Waals surface area (Å²) in [6.07, 6.45) is -4.91.